The van der Waals surface area contributed by atoms with Gasteiger partial charge in [-0.25, -0.2) is 0 Å². The predicted octanol–water partition coefficient (Wildman–Crippen LogP) is 4.31. The van der Waals surface area contributed by atoms with Crippen molar-refractivity contribution in [3.63, 3.8) is 0 Å². The number of hydrogen-bond acceptors (Lipinski definition) is 5. The highest BCUT2D eigenvalue weighted by molar-refractivity contribution is 9.10. The molecule has 0 atom stereocenters. The Bertz CT molecular complexity index is 889. The van der Waals surface area contributed by atoms with E-state index >= 15 is 0 Å². The maximum absolute atomic E-state index is 12.4. The fourth-order valence-electron chi connectivity index (χ4n) is 2.64. The number of likely N-dealkylation sites (N-methyl/N-ethyl adjacent to an activating group) is 1. The number of ketones is 1. The number of hydrogen-bond donors (Lipinski definition) is 1. The molecule has 2 rings (SSSR count). The molecule has 0 aromatic heterocycles. The molecule has 0 aliphatic carbocycles. The number of aromatic hydroxyl groups is 1. The smallest absolute Gasteiger partial charge is 0.260 e. The van der Waals surface area contributed by atoms with Gasteiger partial charge < -0.3 is 19.5 Å². The summed E-state index contributed by atoms with van der Waals surface area (Å²) in [4.78, 5) is 26.1. The van der Waals surface area contributed by atoms with Crippen molar-refractivity contribution in [2.24, 2.45) is 0 Å². The summed E-state index contributed by atoms with van der Waals surface area (Å²) in [7, 11) is 1.47. The van der Waals surface area contributed by atoms with Crippen molar-refractivity contribution in [1.82, 2.24) is 4.90 Å². The number of phenolic OH excluding ortho intramolecular Hbond substituents is 1. The van der Waals surface area contributed by atoms with Crippen LogP contribution in [0.3, 0.4) is 0 Å². The molecular formula is C22H24BrNO5. The topological polar surface area (TPSA) is 76.1 Å². The van der Waals surface area contributed by atoms with Crippen molar-refractivity contribution in [1.29, 1.82) is 0 Å². The molecule has 1 amide bonds. The quantitative estimate of drug-likeness (QED) is 0.444. The first-order chi connectivity index (χ1) is 13.9. The molecule has 2 aromatic carbocycles. The average Bonchev–Trinajstić information content (AvgIpc) is 2.73. The Labute approximate surface area is 178 Å². The van der Waals surface area contributed by atoms with Gasteiger partial charge in [0, 0.05) is 23.1 Å². The number of methoxy groups -OCH3 is 1. The molecule has 0 aliphatic heterocycles. The van der Waals surface area contributed by atoms with Crippen LogP contribution in [0.4, 0.5) is 0 Å². The van der Waals surface area contributed by atoms with E-state index in [1.54, 1.807) is 41.3 Å². The van der Waals surface area contributed by atoms with Gasteiger partial charge >= 0.3 is 0 Å². The van der Waals surface area contributed by atoms with Gasteiger partial charge in [0.15, 0.2) is 23.9 Å². The number of allylic oxidation sites excluding steroid dienone is 1. The molecule has 0 fully saturated rings. The third-order valence-electron chi connectivity index (χ3n) is 4.33. The first-order valence-electron chi connectivity index (χ1n) is 9.19. The minimum atomic E-state index is -0.196. The van der Waals surface area contributed by atoms with Crippen molar-refractivity contribution in [2.75, 3.05) is 26.8 Å². The standard InChI is InChI=1S/C22H24BrNO5/c1-4-24(5-2)22(27)14-29-17-9-6-15(7-10-17)19(25)11-8-16-12-20(26)21(28-3)13-18(16)23/h6-13,26H,4-5,14H2,1-3H3/b11-8+. The molecule has 0 radical (unpaired) electrons. The average molecular weight is 462 g/mol. The Morgan fingerprint density at radius 2 is 1.79 bits per heavy atom. The van der Waals surface area contributed by atoms with Crippen LogP contribution in [0.5, 0.6) is 17.2 Å². The van der Waals surface area contributed by atoms with Crippen LogP contribution >= 0.6 is 15.9 Å². The summed E-state index contributed by atoms with van der Waals surface area (Å²) < 4.78 is 11.2. The summed E-state index contributed by atoms with van der Waals surface area (Å²) >= 11 is 3.39. The van der Waals surface area contributed by atoms with E-state index in [0.717, 1.165) is 0 Å². The zero-order chi connectivity index (χ0) is 21.4. The molecule has 2 aromatic rings. The highest BCUT2D eigenvalue weighted by atomic mass is 79.9. The molecule has 1 N–H and O–H groups in total. The van der Waals surface area contributed by atoms with Gasteiger partial charge in [-0.05, 0) is 68.0 Å². The molecule has 154 valence electrons. The lowest BCUT2D eigenvalue weighted by atomic mass is 10.1. The second-order valence-electron chi connectivity index (χ2n) is 6.12. The number of nitrogens with zero attached hydrogens (tertiary/aromatic N) is 1. The van der Waals surface area contributed by atoms with E-state index in [9.17, 15) is 14.7 Å². The Kier molecular flexibility index (Phi) is 8.27. The number of phenols is 1. The number of rotatable bonds is 9. The minimum absolute atomic E-state index is 0.0106. The summed E-state index contributed by atoms with van der Waals surface area (Å²) in [6.07, 6.45) is 3.03. The van der Waals surface area contributed by atoms with E-state index in [1.165, 1.54) is 19.3 Å². The first kappa shape index (κ1) is 22.5. The van der Waals surface area contributed by atoms with Crippen LogP contribution in [0.2, 0.25) is 0 Å². The van der Waals surface area contributed by atoms with Crippen LogP contribution in [0.25, 0.3) is 6.08 Å². The third kappa shape index (κ3) is 6.09. The Morgan fingerprint density at radius 3 is 2.38 bits per heavy atom. The molecule has 0 saturated heterocycles. The Hall–Kier alpha value is -2.80. The Morgan fingerprint density at radius 1 is 1.14 bits per heavy atom. The highest BCUT2D eigenvalue weighted by Crippen LogP contribution is 2.33. The van der Waals surface area contributed by atoms with Gasteiger partial charge in [0.2, 0.25) is 0 Å². The molecule has 6 nitrogen and oxygen atoms in total. The van der Waals surface area contributed by atoms with E-state index in [1.807, 2.05) is 13.8 Å². The van der Waals surface area contributed by atoms with Gasteiger partial charge in [0.25, 0.3) is 5.91 Å². The predicted molar refractivity (Wildman–Crippen MR) is 116 cm³/mol. The van der Waals surface area contributed by atoms with Gasteiger partial charge in [0.1, 0.15) is 5.75 Å². The molecule has 0 heterocycles. The van der Waals surface area contributed by atoms with Crippen LogP contribution in [-0.2, 0) is 4.79 Å². The van der Waals surface area contributed by atoms with Crippen LogP contribution < -0.4 is 9.47 Å². The van der Waals surface area contributed by atoms with E-state index in [0.29, 0.717) is 40.2 Å². The summed E-state index contributed by atoms with van der Waals surface area (Å²) in [5.41, 5.74) is 1.13. The second-order valence-corrected chi connectivity index (χ2v) is 6.98. The molecule has 0 aliphatic rings. The van der Waals surface area contributed by atoms with Crippen molar-refractivity contribution < 1.29 is 24.2 Å². The molecule has 0 saturated carbocycles. The van der Waals surface area contributed by atoms with Crippen LogP contribution in [0.15, 0.2) is 46.9 Å². The number of benzene rings is 2. The first-order valence-corrected chi connectivity index (χ1v) is 9.98. The number of amides is 1. The summed E-state index contributed by atoms with van der Waals surface area (Å²) in [6.45, 7) is 5.08. The van der Waals surface area contributed by atoms with Crippen molar-refractivity contribution >= 4 is 33.7 Å². The zero-order valence-corrected chi connectivity index (χ0v) is 18.2. The fraction of sp³-hybridized carbons (Fsp3) is 0.273. The molecule has 7 heteroatoms. The molecule has 29 heavy (non-hydrogen) atoms. The number of carbonyl (C=O) groups is 2. The van der Waals surface area contributed by atoms with E-state index in [2.05, 4.69) is 15.9 Å². The number of halogens is 1. The van der Waals surface area contributed by atoms with E-state index in [4.69, 9.17) is 9.47 Å². The molecular weight excluding hydrogens is 438 g/mol. The number of carbonyl (C=O) groups excluding carboxylic acids is 2. The summed E-state index contributed by atoms with van der Waals surface area (Å²) in [5, 5.41) is 9.88. The lowest BCUT2D eigenvalue weighted by Gasteiger charge is -2.18. The van der Waals surface area contributed by atoms with Gasteiger partial charge in [-0.1, -0.05) is 15.9 Å². The van der Waals surface area contributed by atoms with Crippen LogP contribution in [0, 0.1) is 0 Å². The second kappa shape index (κ2) is 10.7. The zero-order valence-electron chi connectivity index (χ0n) is 16.6. The maximum atomic E-state index is 12.4. The van der Waals surface area contributed by atoms with Crippen LogP contribution in [-0.4, -0.2) is 48.5 Å². The fourth-order valence-corrected chi connectivity index (χ4v) is 3.10. The lowest BCUT2D eigenvalue weighted by molar-refractivity contribution is -0.132. The third-order valence-corrected chi connectivity index (χ3v) is 5.02. The van der Waals surface area contributed by atoms with E-state index in [-0.39, 0.29) is 24.0 Å². The van der Waals surface area contributed by atoms with E-state index < -0.39 is 0 Å². The normalized spacial score (nSPS) is 10.8. The SMILES string of the molecule is CCN(CC)C(=O)COc1ccc(C(=O)/C=C/c2cc(O)c(OC)cc2Br)cc1. The minimum Gasteiger partial charge on any atom is -0.504 e. The number of ether oxygens (including phenoxy) is 2. The van der Waals surface area contributed by atoms with Crippen molar-refractivity contribution in [3.05, 3.63) is 58.1 Å². The monoisotopic (exact) mass is 461 g/mol. The van der Waals surface area contributed by atoms with Gasteiger partial charge in [-0.2, -0.15) is 0 Å². The summed E-state index contributed by atoms with van der Waals surface area (Å²) in [6, 6.07) is 9.74. The largest absolute Gasteiger partial charge is 0.504 e. The van der Waals surface area contributed by atoms with Gasteiger partial charge in [-0.15, -0.1) is 0 Å². The van der Waals surface area contributed by atoms with Gasteiger partial charge in [0.05, 0.1) is 7.11 Å². The Balaban J connectivity index is 2.01. The molecule has 0 bridgehead atoms. The molecule has 0 spiro atoms. The maximum Gasteiger partial charge on any atom is 0.260 e. The van der Waals surface area contributed by atoms with Crippen molar-refractivity contribution in [3.8, 4) is 17.2 Å². The van der Waals surface area contributed by atoms with Crippen molar-refractivity contribution in [2.45, 2.75) is 13.8 Å². The summed E-state index contributed by atoms with van der Waals surface area (Å²) in [5.74, 6) is 0.581. The lowest BCUT2D eigenvalue weighted by Crippen LogP contribution is -2.34. The van der Waals surface area contributed by atoms with Crippen LogP contribution in [0.1, 0.15) is 29.8 Å². The highest BCUT2D eigenvalue weighted by Gasteiger charge is 2.11. The molecule has 0 unspecified atom stereocenters. The van der Waals surface area contributed by atoms with Gasteiger partial charge in [-0.3, -0.25) is 9.59 Å².